The highest BCUT2D eigenvalue weighted by Gasteiger charge is 2.31. The molecule has 0 saturated heterocycles. The van der Waals surface area contributed by atoms with Gasteiger partial charge in [-0.15, -0.1) is 0 Å². The summed E-state index contributed by atoms with van der Waals surface area (Å²) in [4.78, 5) is 35.0. The third kappa shape index (κ3) is 8.47. The predicted molar refractivity (Wildman–Crippen MR) is 106 cm³/mol. The first kappa shape index (κ1) is 24.4. The Morgan fingerprint density at radius 3 is 2.17 bits per heavy atom. The number of carbonyl (C=O) groups excluding carboxylic acids is 2. The summed E-state index contributed by atoms with van der Waals surface area (Å²) in [5, 5.41) is 24.4. The summed E-state index contributed by atoms with van der Waals surface area (Å²) < 4.78 is 10.5. The number of hydrogen-bond donors (Lipinski definition) is 2. The number of hydrogen-bond acceptors (Lipinski definition) is 7. The van der Waals surface area contributed by atoms with Crippen molar-refractivity contribution in [1.29, 1.82) is 0 Å². The van der Waals surface area contributed by atoms with Crippen LogP contribution in [-0.2, 0) is 14.3 Å². The number of non-ortho nitro benzene ring substituents is 1. The van der Waals surface area contributed by atoms with Crippen molar-refractivity contribution in [1.82, 2.24) is 5.32 Å². The number of benzene rings is 1. The number of ether oxygens (including phenoxy) is 2. The lowest BCUT2D eigenvalue weighted by Crippen LogP contribution is -2.44. The van der Waals surface area contributed by atoms with Crippen molar-refractivity contribution >= 4 is 17.7 Å². The summed E-state index contributed by atoms with van der Waals surface area (Å²) >= 11 is 0. The van der Waals surface area contributed by atoms with Gasteiger partial charge in [-0.05, 0) is 59.6 Å². The lowest BCUT2D eigenvalue weighted by Gasteiger charge is -2.28. The highest BCUT2D eigenvalue weighted by molar-refractivity contribution is 5.73. The molecule has 162 valence electrons. The van der Waals surface area contributed by atoms with Gasteiger partial charge >= 0.3 is 12.1 Å². The van der Waals surface area contributed by atoms with Gasteiger partial charge in [0.1, 0.15) is 17.3 Å². The zero-order valence-electron chi connectivity index (χ0n) is 17.9. The number of aliphatic hydroxyl groups excluding tert-OH is 1. The molecule has 0 fully saturated rings. The Hall–Kier alpha value is -2.68. The van der Waals surface area contributed by atoms with Crippen LogP contribution in [0.25, 0.3) is 0 Å². The standard InChI is InChI=1S/C20H30N2O7/c1-12-8-9-13(22(26)27)10-14(12)17(24)15(11-16(23)28-19(2,3)4)21-18(25)29-20(5,6)7/h8-10,15,17,24H,11H2,1-7H3,(H,21,25)/t15-,17?/m1/s1. The Morgan fingerprint density at radius 1 is 1.14 bits per heavy atom. The topological polar surface area (TPSA) is 128 Å². The Kier molecular flexibility index (Phi) is 7.74. The van der Waals surface area contributed by atoms with Crippen LogP contribution in [0.2, 0.25) is 0 Å². The van der Waals surface area contributed by atoms with Crippen molar-refractivity contribution in [3.05, 3.63) is 39.4 Å². The van der Waals surface area contributed by atoms with Crippen LogP contribution in [-0.4, -0.2) is 39.3 Å². The molecule has 1 amide bonds. The van der Waals surface area contributed by atoms with Crippen LogP contribution in [0.15, 0.2) is 18.2 Å². The molecule has 1 rings (SSSR count). The molecule has 0 heterocycles. The third-order valence-electron chi connectivity index (χ3n) is 3.68. The van der Waals surface area contributed by atoms with Crippen molar-refractivity contribution in [2.45, 2.75) is 78.2 Å². The average molecular weight is 410 g/mol. The Labute approximate surface area is 170 Å². The number of aryl methyl sites for hydroxylation is 1. The maximum atomic E-state index is 12.3. The first-order valence-corrected chi connectivity index (χ1v) is 9.23. The van der Waals surface area contributed by atoms with Gasteiger partial charge in [-0.25, -0.2) is 4.79 Å². The van der Waals surface area contributed by atoms with Gasteiger partial charge in [-0.1, -0.05) is 6.07 Å². The van der Waals surface area contributed by atoms with E-state index >= 15 is 0 Å². The van der Waals surface area contributed by atoms with E-state index in [1.165, 1.54) is 18.2 Å². The van der Waals surface area contributed by atoms with E-state index in [4.69, 9.17) is 9.47 Å². The quantitative estimate of drug-likeness (QED) is 0.417. The van der Waals surface area contributed by atoms with E-state index in [0.29, 0.717) is 5.56 Å². The van der Waals surface area contributed by atoms with E-state index in [2.05, 4.69) is 5.32 Å². The predicted octanol–water partition coefficient (Wildman–Crippen LogP) is 3.56. The van der Waals surface area contributed by atoms with Crippen molar-refractivity contribution in [2.75, 3.05) is 0 Å². The van der Waals surface area contributed by atoms with Gasteiger partial charge in [0.15, 0.2) is 0 Å². The van der Waals surface area contributed by atoms with Crippen molar-refractivity contribution in [2.24, 2.45) is 0 Å². The SMILES string of the molecule is Cc1ccc([N+](=O)[O-])cc1C(O)[C@@H](CC(=O)OC(C)(C)C)NC(=O)OC(C)(C)C. The molecule has 1 aromatic carbocycles. The monoisotopic (exact) mass is 410 g/mol. The smallest absolute Gasteiger partial charge is 0.407 e. The highest BCUT2D eigenvalue weighted by atomic mass is 16.6. The molecule has 9 heteroatoms. The molecular formula is C20H30N2O7. The number of alkyl carbamates (subject to hydrolysis) is 1. The Morgan fingerprint density at radius 2 is 1.69 bits per heavy atom. The minimum Gasteiger partial charge on any atom is -0.460 e. The summed E-state index contributed by atoms with van der Waals surface area (Å²) in [6, 6.07) is 2.92. The lowest BCUT2D eigenvalue weighted by atomic mass is 9.95. The van der Waals surface area contributed by atoms with Crippen molar-refractivity contribution in [3.63, 3.8) is 0 Å². The van der Waals surface area contributed by atoms with Crippen molar-refractivity contribution in [3.8, 4) is 0 Å². The van der Waals surface area contributed by atoms with Crippen LogP contribution in [0.4, 0.5) is 10.5 Å². The average Bonchev–Trinajstić information content (AvgIpc) is 2.50. The van der Waals surface area contributed by atoms with Gasteiger partial charge in [-0.3, -0.25) is 14.9 Å². The zero-order valence-corrected chi connectivity index (χ0v) is 17.9. The first-order chi connectivity index (χ1) is 13.1. The van der Waals surface area contributed by atoms with E-state index in [-0.39, 0.29) is 17.7 Å². The molecule has 2 atom stereocenters. The summed E-state index contributed by atoms with van der Waals surface area (Å²) in [6.07, 6.45) is -2.57. The number of rotatable bonds is 6. The van der Waals surface area contributed by atoms with Crippen LogP contribution in [0, 0.1) is 17.0 Å². The second kappa shape index (κ2) is 9.21. The number of nitrogens with zero attached hydrogens (tertiary/aromatic N) is 1. The van der Waals surface area contributed by atoms with Crippen LogP contribution in [0.3, 0.4) is 0 Å². The maximum Gasteiger partial charge on any atom is 0.407 e. The second-order valence-corrected chi connectivity index (χ2v) is 8.79. The molecule has 0 saturated carbocycles. The molecule has 1 aromatic rings. The number of nitro groups is 1. The summed E-state index contributed by atoms with van der Waals surface area (Å²) in [6.45, 7) is 11.8. The molecule has 9 nitrogen and oxygen atoms in total. The van der Waals surface area contributed by atoms with E-state index in [1.54, 1.807) is 48.5 Å². The van der Waals surface area contributed by atoms with Gasteiger partial charge < -0.3 is 19.9 Å². The van der Waals surface area contributed by atoms with Crippen LogP contribution >= 0.6 is 0 Å². The molecule has 0 aliphatic carbocycles. The number of esters is 1. The van der Waals surface area contributed by atoms with Crippen LogP contribution in [0.5, 0.6) is 0 Å². The maximum absolute atomic E-state index is 12.3. The fourth-order valence-electron chi connectivity index (χ4n) is 2.54. The third-order valence-corrected chi connectivity index (χ3v) is 3.68. The molecule has 0 aromatic heterocycles. The summed E-state index contributed by atoms with van der Waals surface area (Å²) in [5.74, 6) is -0.638. The minimum absolute atomic E-state index is 0.210. The number of aliphatic hydroxyl groups is 1. The first-order valence-electron chi connectivity index (χ1n) is 9.23. The Balaban J connectivity index is 3.18. The molecule has 1 unspecified atom stereocenters. The molecular weight excluding hydrogens is 380 g/mol. The van der Waals surface area contributed by atoms with E-state index < -0.39 is 40.3 Å². The van der Waals surface area contributed by atoms with E-state index in [9.17, 15) is 24.8 Å². The van der Waals surface area contributed by atoms with E-state index in [1.807, 2.05) is 0 Å². The Bertz CT molecular complexity index is 733. The van der Waals surface area contributed by atoms with Gasteiger partial charge in [0.25, 0.3) is 5.69 Å². The number of amides is 1. The normalized spacial score (nSPS) is 13.9. The van der Waals surface area contributed by atoms with Crippen LogP contribution < -0.4 is 5.32 Å². The zero-order chi connectivity index (χ0) is 22.6. The van der Waals surface area contributed by atoms with Gasteiger partial charge in [0.2, 0.25) is 0 Å². The molecule has 0 spiro atoms. The fourth-order valence-corrected chi connectivity index (χ4v) is 2.54. The number of nitro benzene ring substituents is 1. The van der Waals surface area contributed by atoms with Crippen LogP contribution in [0.1, 0.15) is 65.2 Å². The van der Waals surface area contributed by atoms with Gasteiger partial charge in [0, 0.05) is 12.1 Å². The number of nitrogens with one attached hydrogen (secondary N) is 1. The molecule has 0 radical (unpaired) electrons. The highest BCUT2D eigenvalue weighted by Crippen LogP contribution is 2.27. The molecule has 2 N–H and O–H groups in total. The largest absolute Gasteiger partial charge is 0.460 e. The molecule has 0 bridgehead atoms. The van der Waals surface area contributed by atoms with Gasteiger partial charge in [0.05, 0.1) is 17.4 Å². The minimum atomic E-state index is -1.39. The molecule has 0 aliphatic heterocycles. The number of carbonyl (C=O) groups is 2. The molecule has 29 heavy (non-hydrogen) atoms. The lowest BCUT2D eigenvalue weighted by molar-refractivity contribution is -0.385. The van der Waals surface area contributed by atoms with E-state index in [0.717, 1.165) is 0 Å². The second-order valence-electron chi connectivity index (χ2n) is 8.79. The summed E-state index contributed by atoms with van der Waals surface area (Å²) in [5.41, 5.74) is -0.947. The van der Waals surface area contributed by atoms with Gasteiger partial charge in [-0.2, -0.15) is 0 Å². The molecule has 0 aliphatic rings. The van der Waals surface area contributed by atoms with Crippen molar-refractivity contribution < 1.29 is 29.1 Å². The fraction of sp³-hybridized carbons (Fsp3) is 0.600. The summed E-state index contributed by atoms with van der Waals surface area (Å²) in [7, 11) is 0.